The average Bonchev–Trinajstić information content (AvgIpc) is 2.45. The summed E-state index contributed by atoms with van der Waals surface area (Å²) in [7, 11) is 3.28. The molecule has 1 saturated carbocycles. The molecule has 3 heteroatoms. The molecular weight excluding hydrogens is 192 g/mol. The van der Waals surface area contributed by atoms with Crippen LogP contribution in [0.15, 0.2) is 0 Å². The molecule has 0 saturated heterocycles. The van der Waals surface area contributed by atoms with Gasteiger partial charge in [0.05, 0.1) is 0 Å². The molecule has 1 atom stereocenters. The highest BCUT2D eigenvalue weighted by atomic mass is 16.7. The van der Waals surface area contributed by atoms with E-state index < -0.39 is 0 Å². The summed E-state index contributed by atoms with van der Waals surface area (Å²) in [6.45, 7) is 0. The molecule has 0 spiro atoms. The summed E-state index contributed by atoms with van der Waals surface area (Å²) in [6.07, 6.45) is 6.89. The Hall–Kier alpha value is -0.410. The standard InChI is InChI=1S/C12H22O3/c1-14-12(15-2)9-8-10-6-4-3-5-7-11(10)13/h10,12H,3-9H2,1-2H3. The van der Waals surface area contributed by atoms with Crippen molar-refractivity contribution in [3.05, 3.63) is 0 Å². The fraction of sp³-hybridized carbons (Fsp3) is 0.917. The van der Waals surface area contributed by atoms with Gasteiger partial charge in [0.15, 0.2) is 6.29 Å². The van der Waals surface area contributed by atoms with Crippen molar-refractivity contribution >= 4 is 5.78 Å². The maximum Gasteiger partial charge on any atom is 0.156 e. The van der Waals surface area contributed by atoms with E-state index in [1.807, 2.05) is 0 Å². The van der Waals surface area contributed by atoms with Gasteiger partial charge in [0, 0.05) is 26.6 Å². The molecule has 1 aliphatic carbocycles. The summed E-state index contributed by atoms with van der Waals surface area (Å²) in [5.74, 6) is 0.693. The highest BCUT2D eigenvalue weighted by Gasteiger charge is 2.21. The first-order valence-electron chi connectivity index (χ1n) is 5.86. The van der Waals surface area contributed by atoms with Gasteiger partial charge in [0.1, 0.15) is 5.78 Å². The van der Waals surface area contributed by atoms with Gasteiger partial charge in [-0.2, -0.15) is 0 Å². The molecule has 1 rings (SSSR count). The Kier molecular flexibility index (Phi) is 5.88. The first kappa shape index (κ1) is 12.7. The minimum Gasteiger partial charge on any atom is -0.356 e. The summed E-state index contributed by atoms with van der Waals surface area (Å²) in [4.78, 5) is 11.7. The van der Waals surface area contributed by atoms with Gasteiger partial charge in [-0.1, -0.05) is 12.8 Å². The monoisotopic (exact) mass is 214 g/mol. The number of rotatable bonds is 5. The molecule has 0 bridgehead atoms. The Balaban J connectivity index is 2.31. The summed E-state index contributed by atoms with van der Waals surface area (Å²) in [5.41, 5.74) is 0. The Labute approximate surface area is 92.1 Å². The van der Waals surface area contributed by atoms with Crippen LogP contribution < -0.4 is 0 Å². The van der Waals surface area contributed by atoms with Gasteiger partial charge in [-0.25, -0.2) is 0 Å². The number of carbonyl (C=O) groups is 1. The van der Waals surface area contributed by atoms with E-state index in [1.165, 1.54) is 12.8 Å². The Bertz CT molecular complexity index is 187. The van der Waals surface area contributed by atoms with Crippen molar-refractivity contribution in [2.45, 2.75) is 51.2 Å². The van der Waals surface area contributed by atoms with E-state index in [-0.39, 0.29) is 12.2 Å². The summed E-state index contributed by atoms with van der Waals surface area (Å²) in [6, 6.07) is 0. The minimum atomic E-state index is -0.152. The van der Waals surface area contributed by atoms with E-state index in [1.54, 1.807) is 14.2 Å². The maximum absolute atomic E-state index is 11.7. The summed E-state index contributed by atoms with van der Waals surface area (Å²) >= 11 is 0. The number of ether oxygens (including phenoxy) is 2. The number of hydrogen-bond acceptors (Lipinski definition) is 3. The molecule has 88 valence electrons. The fourth-order valence-corrected chi connectivity index (χ4v) is 2.21. The SMILES string of the molecule is COC(CCC1CCCCCC1=O)OC. The Morgan fingerprint density at radius 1 is 1.27 bits per heavy atom. The molecule has 1 unspecified atom stereocenters. The third-order valence-electron chi connectivity index (χ3n) is 3.21. The van der Waals surface area contributed by atoms with E-state index in [4.69, 9.17) is 9.47 Å². The lowest BCUT2D eigenvalue weighted by Crippen LogP contribution is -2.18. The van der Waals surface area contributed by atoms with Crippen LogP contribution in [-0.4, -0.2) is 26.3 Å². The van der Waals surface area contributed by atoms with Crippen molar-refractivity contribution in [1.29, 1.82) is 0 Å². The molecule has 0 aromatic carbocycles. The summed E-state index contributed by atoms with van der Waals surface area (Å²) in [5, 5.41) is 0. The van der Waals surface area contributed by atoms with Gasteiger partial charge in [-0.05, 0) is 25.7 Å². The van der Waals surface area contributed by atoms with Gasteiger partial charge in [0.25, 0.3) is 0 Å². The van der Waals surface area contributed by atoms with Crippen LogP contribution in [0.4, 0.5) is 0 Å². The normalized spacial score (nSPS) is 23.1. The lowest BCUT2D eigenvalue weighted by atomic mass is 9.94. The molecular formula is C12H22O3. The fourth-order valence-electron chi connectivity index (χ4n) is 2.21. The van der Waals surface area contributed by atoms with Crippen molar-refractivity contribution in [1.82, 2.24) is 0 Å². The molecule has 0 N–H and O–H groups in total. The van der Waals surface area contributed by atoms with E-state index >= 15 is 0 Å². The van der Waals surface area contributed by atoms with Crippen molar-refractivity contribution in [2.24, 2.45) is 5.92 Å². The Morgan fingerprint density at radius 3 is 2.67 bits per heavy atom. The molecule has 0 heterocycles. The second kappa shape index (κ2) is 6.96. The third kappa shape index (κ3) is 4.31. The molecule has 15 heavy (non-hydrogen) atoms. The van der Waals surface area contributed by atoms with Crippen LogP contribution in [0.2, 0.25) is 0 Å². The highest BCUT2D eigenvalue weighted by molar-refractivity contribution is 5.81. The van der Waals surface area contributed by atoms with Crippen LogP contribution in [0.5, 0.6) is 0 Å². The van der Waals surface area contributed by atoms with Crippen LogP contribution in [0.3, 0.4) is 0 Å². The number of methoxy groups -OCH3 is 2. The molecule has 0 amide bonds. The van der Waals surface area contributed by atoms with E-state index in [2.05, 4.69) is 0 Å². The van der Waals surface area contributed by atoms with Crippen molar-refractivity contribution in [3.63, 3.8) is 0 Å². The van der Waals surface area contributed by atoms with Crippen LogP contribution in [0, 0.1) is 5.92 Å². The van der Waals surface area contributed by atoms with Crippen molar-refractivity contribution in [3.8, 4) is 0 Å². The molecule has 1 aliphatic rings. The quantitative estimate of drug-likeness (QED) is 0.521. The molecule has 0 aromatic heterocycles. The number of ketones is 1. The zero-order chi connectivity index (χ0) is 11.1. The van der Waals surface area contributed by atoms with Gasteiger partial charge >= 0.3 is 0 Å². The van der Waals surface area contributed by atoms with Gasteiger partial charge < -0.3 is 9.47 Å². The molecule has 0 aliphatic heterocycles. The summed E-state index contributed by atoms with van der Waals surface area (Å²) < 4.78 is 10.2. The topological polar surface area (TPSA) is 35.5 Å². The first-order chi connectivity index (χ1) is 7.27. The van der Waals surface area contributed by atoms with Gasteiger partial charge in [-0.3, -0.25) is 4.79 Å². The zero-order valence-corrected chi connectivity index (χ0v) is 9.83. The van der Waals surface area contributed by atoms with Gasteiger partial charge in [-0.15, -0.1) is 0 Å². The number of Topliss-reactive ketones (excluding diaryl/α,β-unsaturated/α-hetero) is 1. The van der Waals surface area contributed by atoms with Crippen molar-refractivity contribution < 1.29 is 14.3 Å². The van der Waals surface area contributed by atoms with Crippen LogP contribution >= 0.6 is 0 Å². The van der Waals surface area contributed by atoms with E-state index in [9.17, 15) is 4.79 Å². The Morgan fingerprint density at radius 2 is 2.00 bits per heavy atom. The van der Waals surface area contributed by atoms with Gasteiger partial charge in [0.2, 0.25) is 0 Å². The lowest BCUT2D eigenvalue weighted by Gasteiger charge is -2.17. The molecule has 0 aromatic rings. The van der Waals surface area contributed by atoms with E-state index in [0.717, 1.165) is 32.1 Å². The smallest absolute Gasteiger partial charge is 0.156 e. The number of carbonyl (C=O) groups excluding carboxylic acids is 1. The predicted octanol–water partition coefficient (Wildman–Crippen LogP) is 2.53. The van der Waals surface area contributed by atoms with Crippen LogP contribution in [-0.2, 0) is 14.3 Å². The second-order valence-electron chi connectivity index (χ2n) is 4.24. The minimum absolute atomic E-state index is 0.152. The van der Waals surface area contributed by atoms with Crippen LogP contribution in [0.25, 0.3) is 0 Å². The van der Waals surface area contributed by atoms with Crippen LogP contribution in [0.1, 0.15) is 44.9 Å². The largest absolute Gasteiger partial charge is 0.356 e. The third-order valence-corrected chi connectivity index (χ3v) is 3.21. The van der Waals surface area contributed by atoms with Crippen molar-refractivity contribution in [2.75, 3.05) is 14.2 Å². The number of hydrogen-bond donors (Lipinski definition) is 0. The zero-order valence-electron chi connectivity index (χ0n) is 9.83. The highest BCUT2D eigenvalue weighted by Crippen LogP contribution is 2.24. The first-order valence-corrected chi connectivity index (χ1v) is 5.86. The van der Waals surface area contributed by atoms with E-state index in [0.29, 0.717) is 5.78 Å². The average molecular weight is 214 g/mol. The molecule has 1 fully saturated rings. The molecule has 0 radical (unpaired) electrons. The lowest BCUT2D eigenvalue weighted by molar-refractivity contribution is -0.126. The molecule has 3 nitrogen and oxygen atoms in total. The second-order valence-corrected chi connectivity index (χ2v) is 4.24. The maximum atomic E-state index is 11.7. The predicted molar refractivity (Wildman–Crippen MR) is 58.6 cm³/mol.